The minimum Gasteiger partial charge on any atom is -0.314 e. The molecule has 4 aliphatic carbocycles. The Hall–Kier alpha value is -0.120. The van der Waals surface area contributed by atoms with E-state index in [0.29, 0.717) is 11.6 Å². The van der Waals surface area contributed by atoms with Crippen molar-refractivity contribution in [2.75, 3.05) is 26.2 Å². The molecule has 1 atom stereocenters. The van der Waals surface area contributed by atoms with Crippen LogP contribution in [0.25, 0.3) is 0 Å². The van der Waals surface area contributed by atoms with Gasteiger partial charge in [0.05, 0.1) is 0 Å². The van der Waals surface area contributed by atoms with Gasteiger partial charge in [-0.2, -0.15) is 0 Å². The Morgan fingerprint density at radius 1 is 0.944 bits per heavy atom. The lowest BCUT2D eigenvalue weighted by atomic mass is 9.53. The Labute approximate surface area is 110 Å². The van der Waals surface area contributed by atoms with Crippen molar-refractivity contribution >= 4 is 0 Å². The second-order valence-electron chi connectivity index (χ2n) is 7.43. The van der Waals surface area contributed by atoms with E-state index in [2.05, 4.69) is 16.0 Å². The number of hydrogen-bond acceptors (Lipinski definition) is 3. The first-order chi connectivity index (χ1) is 8.81. The highest BCUT2D eigenvalue weighted by atomic mass is 15.1. The van der Waals surface area contributed by atoms with Crippen LogP contribution in [0.2, 0.25) is 0 Å². The van der Waals surface area contributed by atoms with Gasteiger partial charge in [0.2, 0.25) is 0 Å². The van der Waals surface area contributed by atoms with Gasteiger partial charge in [0.1, 0.15) is 0 Å². The maximum atomic E-state index is 3.99. The first-order valence-electron chi connectivity index (χ1n) is 8.00. The van der Waals surface area contributed by atoms with Gasteiger partial charge < -0.3 is 16.0 Å². The molecular formula is C15H27N3. The summed E-state index contributed by atoms with van der Waals surface area (Å²) in [5.41, 5.74) is 0.536. The molecule has 0 aromatic heterocycles. The maximum absolute atomic E-state index is 3.99. The smallest absolute Gasteiger partial charge is 0.0318 e. The van der Waals surface area contributed by atoms with Gasteiger partial charge in [-0.25, -0.2) is 0 Å². The number of rotatable bonds is 3. The summed E-state index contributed by atoms with van der Waals surface area (Å²) >= 11 is 0. The third-order valence-electron chi connectivity index (χ3n) is 5.89. The molecule has 5 fully saturated rings. The van der Waals surface area contributed by atoms with E-state index in [1.54, 1.807) is 19.3 Å². The van der Waals surface area contributed by atoms with Crippen LogP contribution < -0.4 is 16.0 Å². The quantitative estimate of drug-likeness (QED) is 0.701. The van der Waals surface area contributed by atoms with E-state index in [0.717, 1.165) is 37.4 Å². The van der Waals surface area contributed by atoms with Crippen LogP contribution in [0.5, 0.6) is 0 Å². The molecule has 1 unspecified atom stereocenters. The minimum absolute atomic E-state index is 0.536. The zero-order valence-electron chi connectivity index (χ0n) is 11.4. The van der Waals surface area contributed by atoms with Crippen LogP contribution in [0, 0.1) is 17.8 Å². The van der Waals surface area contributed by atoms with E-state index < -0.39 is 0 Å². The summed E-state index contributed by atoms with van der Waals surface area (Å²) in [6, 6.07) is 0.645. The van der Waals surface area contributed by atoms with Crippen LogP contribution in [-0.4, -0.2) is 37.8 Å². The van der Waals surface area contributed by atoms with Crippen molar-refractivity contribution in [3.63, 3.8) is 0 Å². The first-order valence-corrected chi connectivity index (χ1v) is 8.00. The molecule has 0 aromatic carbocycles. The molecule has 4 bridgehead atoms. The minimum atomic E-state index is 0.536. The van der Waals surface area contributed by atoms with Gasteiger partial charge in [0.25, 0.3) is 0 Å². The van der Waals surface area contributed by atoms with Gasteiger partial charge in [0, 0.05) is 37.8 Å². The Morgan fingerprint density at radius 3 is 2.17 bits per heavy atom. The van der Waals surface area contributed by atoms with Crippen molar-refractivity contribution in [2.45, 2.75) is 50.1 Å². The van der Waals surface area contributed by atoms with Crippen molar-refractivity contribution in [1.29, 1.82) is 0 Å². The van der Waals surface area contributed by atoms with Gasteiger partial charge in [-0.3, -0.25) is 0 Å². The zero-order chi connectivity index (χ0) is 12.0. The molecule has 1 aliphatic heterocycles. The molecule has 0 radical (unpaired) electrons. The number of piperazine rings is 1. The molecule has 3 nitrogen and oxygen atoms in total. The Morgan fingerprint density at radius 2 is 1.61 bits per heavy atom. The van der Waals surface area contributed by atoms with E-state index in [1.807, 2.05) is 0 Å². The van der Waals surface area contributed by atoms with E-state index in [1.165, 1.54) is 25.8 Å². The second kappa shape index (κ2) is 4.46. The van der Waals surface area contributed by atoms with Crippen molar-refractivity contribution in [3.8, 4) is 0 Å². The SMILES string of the molecule is C1CNC(CNC23CC4CC(CC(C4)C2)C3)CN1. The predicted molar refractivity (Wildman–Crippen MR) is 73.6 cm³/mol. The average Bonchev–Trinajstić information content (AvgIpc) is 2.36. The van der Waals surface area contributed by atoms with Gasteiger partial charge in [-0.1, -0.05) is 0 Å². The lowest BCUT2D eigenvalue weighted by Gasteiger charge is -2.57. The molecule has 5 rings (SSSR count). The van der Waals surface area contributed by atoms with Gasteiger partial charge in [0.15, 0.2) is 0 Å². The largest absolute Gasteiger partial charge is 0.314 e. The monoisotopic (exact) mass is 249 g/mol. The van der Waals surface area contributed by atoms with Crippen LogP contribution in [0.1, 0.15) is 38.5 Å². The molecule has 4 saturated carbocycles. The van der Waals surface area contributed by atoms with Crippen molar-refractivity contribution in [2.24, 2.45) is 17.8 Å². The maximum Gasteiger partial charge on any atom is 0.0318 e. The fraction of sp³-hybridized carbons (Fsp3) is 1.00. The molecule has 5 aliphatic rings. The molecule has 3 N–H and O–H groups in total. The second-order valence-corrected chi connectivity index (χ2v) is 7.43. The molecular weight excluding hydrogens is 222 g/mol. The lowest BCUT2D eigenvalue weighted by Crippen LogP contribution is -2.62. The van der Waals surface area contributed by atoms with E-state index in [4.69, 9.17) is 0 Å². The number of hydrogen-bond donors (Lipinski definition) is 3. The van der Waals surface area contributed by atoms with Crippen LogP contribution in [0.15, 0.2) is 0 Å². The fourth-order valence-corrected chi connectivity index (χ4v) is 5.52. The third-order valence-corrected chi connectivity index (χ3v) is 5.89. The van der Waals surface area contributed by atoms with Crippen LogP contribution in [0.3, 0.4) is 0 Å². The molecule has 0 aromatic rings. The summed E-state index contributed by atoms with van der Waals surface area (Å²) < 4.78 is 0. The van der Waals surface area contributed by atoms with Gasteiger partial charge in [-0.15, -0.1) is 0 Å². The van der Waals surface area contributed by atoms with E-state index in [9.17, 15) is 0 Å². The van der Waals surface area contributed by atoms with Crippen LogP contribution >= 0.6 is 0 Å². The summed E-state index contributed by atoms with van der Waals surface area (Å²) in [4.78, 5) is 0. The zero-order valence-corrected chi connectivity index (χ0v) is 11.4. The average molecular weight is 249 g/mol. The Bertz CT molecular complexity index is 274. The molecule has 3 heteroatoms. The Kier molecular flexibility index (Phi) is 2.90. The summed E-state index contributed by atoms with van der Waals surface area (Å²) in [5, 5.41) is 11.1. The van der Waals surface area contributed by atoms with Crippen molar-refractivity contribution in [1.82, 2.24) is 16.0 Å². The highest BCUT2D eigenvalue weighted by Crippen LogP contribution is 2.55. The summed E-state index contributed by atoms with van der Waals surface area (Å²) in [7, 11) is 0. The standard InChI is InChI=1S/C15H27N3/c1-2-17-14(9-16-1)10-18-15-6-11-3-12(7-15)5-13(4-11)8-15/h11-14,16-18H,1-10H2. The van der Waals surface area contributed by atoms with Gasteiger partial charge in [-0.05, 0) is 56.3 Å². The molecule has 0 spiro atoms. The predicted octanol–water partition coefficient (Wildman–Crippen LogP) is 1.11. The summed E-state index contributed by atoms with van der Waals surface area (Å²) in [6.45, 7) is 4.57. The fourth-order valence-electron chi connectivity index (χ4n) is 5.52. The van der Waals surface area contributed by atoms with Crippen molar-refractivity contribution in [3.05, 3.63) is 0 Å². The molecule has 18 heavy (non-hydrogen) atoms. The van der Waals surface area contributed by atoms with Crippen molar-refractivity contribution < 1.29 is 0 Å². The summed E-state index contributed by atoms with van der Waals surface area (Å²) in [6.07, 6.45) is 9.05. The normalized spacial score (nSPS) is 50.7. The van der Waals surface area contributed by atoms with Gasteiger partial charge >= 0.3 is 0 Å². The molecule has 0 amide bonds. The molecule has 1 saturated heterocycles. The topological polar surface area (TPSA) is 36.1 Å². The highest BCUT2D eigenvalue weighted by molar-refractivity contribution is 5.06. The van der Waals surface area contributed by atoms with E-state index in [-0.39, 0.29) is 0 Å². The Balaban J connectivity index is 1.38. The van der Waals surface area contributed by atoms with Crippen LogP contribution in [-0.2, 0) is 0 Å². The third kappa shape index (κ3) is 2.10. The molecule has 102 valence electrons. The van der Waals surface area contributed by atoms with E-state index >= 15 is 0 Å². The molecule has 1 heterocycles. The lowest BCUT2D eigenvalue weighted by molar-refractivity contribution is -0.0206. The first kappa shape index (κ1) is 11.7. The van der Waals surface area contributed by atoms with Crippen LogP contribution in [0.4, 0.5) is 0 Å². The number of nitrogens with one attached hydrogen (secondary N) is 3. The summed E-state index contributed by atoms with van der Waals surface area (Å²) in [5.74, 6) is 3.17. The highest BCUT2D eigenvalue weighted by Gasteiger charge is 2.50.